The molecule has 124 valence electrons. The van der Waals surface area contributed by atoms with Crippen molar-refractivity contribution in [3.8, 4) is 6.07 Å². The van der Waals surface area contributed by atoms with Crippen molar-refractivity contribution >= 4 is 28.5 Å². The molecule has 0 unspecified atom stereocenters. The molecule has 3 rings (SSSR count). The van der Waals surface area contributed by atoms with Crippen LogP contribution in [0, 0.1) is 11.3 Å². The molecule has 7 heteroatoms. The Morgan fingerprint density at radius 3 is 2.60 bits per heavy atom. The van der Waals surface area contributed by atoms with Gasteiger partial charge in [0.15, 0.2) is 12.3 Å². The number of amides is 1. The highest BCUT2D eigenvalue weighted by atomic mass is 16.5. The van der Waals surface area contributed by atoms with E-state index in [0.717, 1.165) is 0 Å². The number of nitrogens with one attached hydrogen (secondary N) is 1. The lowest BCUT2D eigenvalue weighted by molar-refractivity contribution is -0.121. The van der Waals surface area contributed by atoms with Gasteiger partial charge in [-0.3, -0.25) is 14.8 Å². The van der Waals surface area contributed by atoms with Crippen LogP contribution in [0.2, 0.25) is 0 Å². The van der Waals surface area contributed by atoms with Gasteiger partial charge < -0.3 is 4.74 Å². The van der Waals surface area contributed by atoms with Crippen molar-refractivity contribution in [2.75, 3.05) is 18.1 Å². The average Bonchev–Trinajstić information content (AvgIpc) is 3.09. The molecule has 0 fully saturated rings. The molecular weight excluding hydrogens is 320 g/mol. The molecule has 0 saturated heterocycles. The number of nitrogens with zero attached hydrogens (tertiary/aromatic N) is 3. The zero-order valence-electron chi connectivity index (χ0n) is 13.2. The number of aromatic amines is 1. The van der Waals surface area contributed by atoms with E-state index in [4.69, 9.17) is 10.00 Å². The van der Waals surface area contributed by atoms with E-state index in [1.807, 2.05) is 12.1 Å². The van der Waals surface area contributed by atoms with Crippen molar-refractivity contribution in [2.45, 2.75) is 0 Å². The molecule has 1 amide bonds. The highest BCUT2D eigenvalue weighted by molar-refractivity contribution is 6.03. The first-order chi connectivity index (χ1) is 12.2. The Kier molecular flexibility index (Phi) is 4.72. The molecule has 0 radical (unpaired) electrons. The predicted octanol–water partition coefficient (Wildman–Crippen LogP) is 2.28. The van der Waals surface area contributed by atoms with Gasteiger partial charge in [0.05, 0.1) is 11.6 Å². The Balaban J connectivity index is 1.70. The van der Waals surface area contributed by atoms with E-state index in [0.29, 0.717) is 16.6 Å². The van der Waals surface area contributed by atoms with Crippen LogP contribution in [0.5, 0.6) is 0 Å². The molecule has 1 heterocycles. The third kappa shape index (κ3) is 3.48. The fraction of sp³-hybridized carbons (Fsp3) is 0.111. The number of benzene rings is 2. The molecule has 1 N–H and O–H groups in total. The van der Waals surface area contributed by atoms with E-state index >= 15 is 0 Å². The molecule has 0 atom stereocenters. The summed E-state index contributed by atoms with van der Waals surface area (Å²) in [7, 11) is 0. The molecule has 0 aliphatic carbocycles. The first-order valence-corrected chi connectivity index (χ1v) is 7.53. The summed E-state index contributed by atoms with van der Waals surface area (Å²) in [4.78, 5) is 25.8. The summed E-state index contributed by atoms with van der Waals surface area (Å²) in [6.45, 7) is -0.609. The highest BCUT2D eigenvalue weighted by Crippen LogP contribution is 2.16. The summed E-state index contributed by atoms with van der Waals surface area (Å²) in [6, 6.07) is 17.8. The number of fused-ring (bicyclic) bond motifs is 1. The number of carbonyl (C=O) groups excluding carboxylic acids is 2. The van der Waals surface area contributed by atoms with Crippen molar-refractivity contribution in [1.82, 2.24) is 10.2 Å². The van der Waals surface area contributed by atoms with E-state index in [1.54, 1.807) is 48.5 Å². The third-order valence-corrected chi connectivity index (χ3v) is 3.59. The van der Waals surface area contributed by atoms with Crippen molar-refractivity contribution in [3.63, 3.8) is 0 Å². The standard InChI is InChI=1S/C18H14N4O3/c19-10-11-22(13-6-2-1-3-7-13)16(23)12-25-18(24)17-14-8-4-5-9-15(14)20-21-17/h1-9H,11-12H2,(H,20,21). The maximum atomic E-state index is 12.3. The largest absolute Gasteiger partial charge is 0.451 e. The normalized spacial score (nSPS) is 10.2. The number of nitriles is 1. The van der Waals surface area contributed by atoms with Crippen LogP contribution >= 0.6 is 0 Å². The number of ether oxygens (including phenoxy) is 1. The van der Waals surface area contributed by atoms with Gasteiger partial charge in [0.25, 0.3) is 5.91 Å². The van der Waals surface area contributed by atoms with Gasteiger partial charge in [-0.05, 0) is 18.2 Å². The van der Waals surface area contributed by atoms with Gasteiger partial charge >= 0.3 is 5.97 Å². The van der Waals surface area contributed by atoms with Crippen LogP contribution in [-0.4, -0.2) is 35.2 Å². The summed E-state index contributed by atoms with van der Waals surface area (Å²) in [5.41, 5.74) is 1.39. The Morgan fingerprint density at radius 2 is 1.84 bits per heavy atom. The highest BCUT2D eigenvalue weighted by Gasteiger charge is 2.20. The molecule has 2 aromatic carbocycles. The molecule has 0 saturated carbocycles. The van der Waals surface area contributed by atoms with Crippen LogP contribution < -0.4 is 4.90 Å². The average molecular weight is 334 g/mol. The Hall–Kier alpha value is -3.66. The second-order valence-electron chi connectivity index (χ2n) is 5.17. The summed E-state index contributed by atoms with van der Waals surface area (Å²) in [6.07, 6.45) is 0. The number of H-pyrrole nitrogens is 1. The zero-order chi connectivity index (χ0) is 17.6. The Morgan fingerprint density at radius 1 is 1.12 bits per heavy atom. The van der Waals surface area contributed by atoms with Crippen LogP contribution in [0.3, 0.4) is 0 Å². The molecule has 0 spiro atoms. The number of anilines is 1. The molecule has 3 aromatic rings. The number of hydrogen-bond donors (Lipinski definition) is 1. The number of hydrogen-bond acceptors (Lipinski definition) is 5. The summed E-state index contributed by atoms with van der Waals surface area (Å²) < 4.78 is 5.08. The molecule has 0 bridgehead atoms. The quantitative estimate of drug-likeness (QED) is 0.570. The van der Waals surface area contributed by atoms with Gasteiger partial charge in [-0.15, -0.1) is 0 Å². The van der Waals surface area contributed by atoms with Crippen molar-refractivity contribution in [2.24, 2.45) is 0 Å². The second-order valence-corrected chi connectivity index (χ2v) is 5.17. The lowest BCUT2D eigenvalue weighted by Crippen LogP contribution is -2.35. The van der Waals surface area contributed by atoms with Crippen molar-refractivity contribution in [3.05, 3.63) is 60.3 Å². The first-order valence-electron chi connectivity index (χ1n) is 7.53. The summed E-state index contributed by atoms with van der Waals surface area (Å²) in [5.74, 6) is -1.18. The minimum atomic E-state index is -0.698. The minimum absolute atomic E-state index is 0.120. The van der Waals surface area contributed by atoms with E-state index < -0.39 is 18.5 Å². The van der Waals surface area contributed by atoms with E-state index in [2.05, 4.69) is 10.2 Å². The van der Waals surface area contributed by atoms with Crippen molar-refractivity contribution in [1.29, 1.82) is 5.26 Å². The Labute approximate surface area is 143 Å². The van der Waals surface area contributed by atoms with E-state index in [9.17, 15) is 9.59 Å². The van der Waals surface area contributed by atoms with Gasteiger partial charge in [-0.1, -0.05) is 36.4 Å². The van der Waals surface area contributed by atoms with E-state index in [-0.39, 0.29) is 12.2 Å². The van der Waals surface area contributed by atoms with Crippen LogP contribution in [-0.2, 0) is 9.53 Å². The van der Waals surface area contributed by atoms with E-state index in [1.165, 1.54) is 4.90 Å². The third-order valence-electron chi connectivity index (χ3n) is 3.59. The lowest BCUT2D eigenvalue weighted by atomic mass is 10.2. The molecule has 25 heavy (non-hydrogen) atoms. The van der Waals surface area contributed by atoms with Gasteiger partial charge in [-0.2, -0.15) is 10.4 Å². The zero-order valence-corrected chi connectivity index (χ0v) is 13.2. The molecule has 7 nitrogen and oxygen atoms in total. The van der Waals surface area contributed by atoms with Gasteiger partial charge in [-0.25, -0.2) is 4.79 Å². The monoisotopic (exact) mass is 334 g/mol. The van der Waals surface area contributed by atoms with Crippen LogP contribution in [0.25, 0.3) is 10.9 Å². The van der Waals surface area contributed by atoms with Gasteiger partial charge in [0.2, 0.25) is 0 Å². The van der Waals surface area contributed by atoms with Crippen LogP contribution in [0.4, 0.5) is 5.69 Å². The van der Waals surface area contributed by atoms with Crippen molar-refractivity contribution < 1.29 is 14.3 Å². The number of aromatic nitrogens is 2. The van der Waals surface area contributed by atoms with Gasteiger partial charge in [0, 0.05) is 11.1 Å². The summed E-state index contributed by atoms with van der Waals surface area (Å²) in [5, 5.41) is 16.2. The van der Waals surface area contributed by atoms with Crippen LogP contribution in [0.15, 0.2) is 54.6 Å². The number of carbonyl (C=O) groups is 2. The minimum Gasteiger partial charge on any atom is -0.451 e. The fourth-order valence-corrected chi connectivity index (χ4v) is 2.39. The smallest absolute Gasteiger partial charge is 0.359 e. The molecule has 0 aliphatic rings. The number of para-hydroxylation sites is 2. The topological polar surface area (TPSA) is 99.1 Å². The molecule has 1 aromatic heterocycles. The van der Waals surface area contributed by atoms with Gasteiger partial charge in [0.1, 0.15) is 6.54 Å². The molecule has 0 aliphatic heterocycles. The number of rotatable bonds is 5. The first kappa shape index (κ1) is 16.2. The second kappa shape index (κ2) is 7.27. The maximum absolute atomic E-state index is 12.3. The molecular formula is C18H14N4O3. The predicted molar refractivity (Wildman–Crippen MR) is 90.8 cm³/mol. The fourth-order valence-electron chi connectivity index (χ4n) is 2.39. The maximum Gasteiger partial charge on any atom is 0.359 e. The SMILES string of the molecule is N#CCN(C(=O)COC(=O)c1n[nH]c2ccccc12)c1ccccc1. The summed E-state index contributed by atoms with van der Waals surface area (Å²) >= 11 is 0. The Bertz CT molecular complexity index is 944. The number of esters is 1. The lowest BCUT2D eigenvalue weighted by Gasteiger charge is -2.19. The van der Waals surface area contributed by atoms with Crippen LogP contribution in [0.1, 0.15) is 10.5 Å².